The van der Waals surface area contributed by atoms with Crippen molar-refractivity contribution in [3.8, 4) is 17.1 Å². The van der Waals surface area contributed by atoms with Crippen molar-refractivity contribution >= 4 is 11.3 Å². The predicted octanol–water partition coefficient (Wildman–Crippen LogP) is 4.88. The molecular formula is C24H17F3N4O2. The van der Waals surface area contributed by atoms with Gasteiger partial charge in [0.15, 0.2) is 11.5 Å². The van der Waals surface area contributed by atoms with Crippen molar-refractivity contribution in [2.45, 2.75) is 12.8 Å². The second-order valence-corrected chi connectivity index (χ2v) is 7.49. The molecule has 0 spiro atoms. The minimum absolute atomic E-state index is 0.0767. The summed E-state index contributed by atoms with van der Waals surface area (Å²) in [6.07, 6.45) is 2.81. The first kappa shape index (κ1) is 20.6. The Morgan fingerprint density at radius 2 is 1.67 bits per heavy atom. The number of nitrogens with zero attached hydrogens (tertiary/aromatic N) is 3. The lowest BCUT2D eigenvalue weighted by Gasteiger charge is -2.11. The molecular weight excluding hydrogens is 433 g/mol. The fraction of sp³-hybridized carbons (Fsp3) is 0.0833. The highest BCUT2D eigenvalue weighted by Gasteiger charge is 2.21. The van der Waals surface area contributed by atoms with Gasteiger partial charge in [-0.3, -0.25) is 4.40 Å². The van der Waals surface area contributed by atoms with Crippen molar-refractivity contribution in [2.75, 3.05) is 5.73 Å². The molecule has 0 atom stereocenters. The maximum atomic E-state index is 14.7. The standard InChI is InChI=1S/C24H17F3N4O2/c25-16-6-2-7-17(26)15(16)11-19-23-30-20(10-13-4-3-9-33-13)24(32)31(23)12-21(29-19)14-5-1-8-18(28)22(14)27/h1-9,12,32H,10-11,28H2. The minimum Gasteiger partial charge on any atom is -0.493 e. The van der Waals surface area contributed by atoms with E-state index in [9.17, 15) is 18.3 Å². The Kier molecular flexibility index (Phi) is 5.01. The van der Waals surface area contributed by atoms with E-state index in [1.165, 1.54) is 35.1 Å². The van der Waals surface area contributed by atoms with Gasteiger partial charge in [0.1, 0.15) is 23.1 Å². The third kappa shape index (κ3) is 3.67. The number of benzene rings is 2. The molecule has 0 fully saturated rings. The summed E-state index contributed by atoms with van der Waals surface area (Å²) in [5.41, 5.74) is 6.21. The van der Waals surface area contributed by atoms with E-state index in [1.54, 1.807) is 18.2 Å². The number of halogens is 3. The maximum absolute atomic E-state index is 14.7. The normalized spacial score (nSPS) is 11.4. The van der Waals surface area contributed by atoms with E-state index in [-0.39, 0.29) is 58.3 Å². The Balaban J connectivity index is 1.72. The monoisotopic (exact) mass is 450 g/mol. The molecule has 0 aliphatic rings. The summed E-state index contributed by atoms with van der Waals surface area (Å²) in [5, 5.41) is 10.8. The molecule has 33 heavy (non-hydrogen) atoms. The molecule has 3 N–H and O–H groups in total. The van der Waals surface area contributed by atoms with Crippen molar-refractivity contribution < 1.29 is 22.7 Å². The second-order valence-electron chi connectivity index (χ2n) is 7.49. The predicted molar refractivity (Wildman–Crippen MR) is 115 cm³/mol. The van der Waals surface area contributed by atoms with E-state index in [1.807, 2.05) is 0 Å². The number of anilines is 1. The van der Waals surface area contributed by atoms with Gasteiger partial charge in [0, 0.05) is 23.7 Å². The van der Waals surface area contributed by atoms with E-state index in [0.29, 0.717) is 5.76 Å². The van der Waals surface area contributed by atoms with Crippen LogP contribution in [-0.4, -0.2) is 19.5 Å². The third-order valence-electron chi connectivity index (χ3n) is 5.35. The first-order valence-corrected chi connectivity index (χ1v) is 10.0. The zero-order chi connectivity index (χ0) is 23.1. The first-order chi connectivity index (χ1) is 15.9. The molecule has 0 bridgehead atoms. The second kappa shape index (κ2) is 8.01. The summed E-state index contributed by atoms with van der Waals surface area (Å²) in [5.74, 6) is -1.85. The van der Waals surface area contributed by atoms with Crippen LogP contribution in [0.5, 0.6) is 5.88 Å². The molecule has 0 aliphatic carbocycles. The van der Waals surface area contributed by atoms with Crippen LogP contribution >= 0.6 is 0 Å². The summed E-state index contributed by atoms with van der Waals surface area (Å²) < 4.78 is 50.2. The molecule has 0 radical (unpaired) electrons. The van der Waals surface area contributed by atoms with Gasteiger partial charge in [0.25, 0.3) is 0 Å². The lowest BCUT2D eigenvalue weighted by molar-refractivity contribution is 0.438. The molecule has 3 aromatic heterocycles. The number of aromatic hydroxyl groups is 1. The van der Waals surface area contributed by atoms with Gasteiger partial charge in [0.2, 0.25) is 5.88 Å². The van der Waals surface area contributed by atoms with Crippen molar-refractivity contribution in [2.24, 2.45) is 0 Å². The van der Waals surface area contributed by atoms with Gasteiger partial charge < -0.3 is 15.3 Å². The lowest BCUT2D eigenvalue weighted by atomic mass is 10.1. The number of nitrogens with two attached hydrogens (primary N) is 1. The Hall–Kier alpha value is -4.27. The number of imidazole rings is 1. The van der Waals surface area contributed by atoms with Crippen LogP contribution in [-0.2, 0) is 12.8 Å². The Morgan fingerprint density at radius 3 is 2.39 bits per heavy atom. The number of fused-ring (bicyclic) bond motifs is 1. The van der Waals surface area contributed by atoms with Crippen LogP contribution in [0.4, 0.5) is 18.9 Å². The van der Waals surface area contributed by atoms with Gasteiger partial charge in [-0.1, -0.05) is 12.1 Å². The van der Waals surface area contributed by atoms with Crippen molar-refractivity contribution in [3.05, 3.63) is 101 Å². The van der Waals surface area contributed by atoms with Crippen molar-refractivity contribution in [3.63, 3.8) is 0 Å². The molecule has 9 heteroatoms. The Morgan fingerprint density at radius 1 is 0.909 bits per heavy atom. The summed E-state index contributed by atoms with van der Waals surface area (Å²) in [6.45, 7) is 0. The topological polar surface area (TPSA) is 89.6 Å². The molecule has 0 saturated carbocycles. The van der Waals surface area contributed by atoms with Gasteiger partial charge in [-0.2, -0.15) is 0 Å². The molecule has 0 unspecified atom stereocenters. The SMILES string of the molecule is Nc1cccc(-c2cn3c(O)c(Cc4ccco4)nc3c(Cc3c(F)cccc3F)n2)c1F. The van der Waals surface area contributed by atoms with Gasteiger partial charge in [-0.05, 0) is 36.4 Å². The number of furan rings is 1. The highest BCUT2D eigenvalue weighted by atomic mass is 19.1. The number of nitrogen functional groups attached to an aromatic ring is 1. The maximum Gasteiger partial charge on any atom is 0.219 e. The first-order valence-electron chi connectivity index (χ1n) is 10.0. The van der Waals surface area contributed by atoms with E-state index < -0.39 is 17.5 Å². The minimum atomic E-state index is -0.748. The summed E-state index contributed by atoms with van der Waals surface area (Å²) in [4.78, 5) is 8.90. The van der Waals surface area contributed by atoms with Gasteiger partial charge in [-0.15, -0.1) is 0 Å². The Bertz CT molecular complexity index is 1460. The lowest BCUT2D eigenvalue weighted by Crippen LogP contribution is -2.05. The highest BCUT2D eigenvalue weighted by molar-refractivity contribution is 5.67. The molecule has 5 aromatic rings. The molecule has 0 aliphatic heterocycles. The fourth-order valence-electron chi connectivity index (χ4n) is 3.70. The van der Waals surface area contributed by atoms with Crippen LogP contribution in [0.2, 0.25) is 0 Å². The van der Waals surface area contributed by atoms with Crippen molar-refractivity contribution in [1.29, 1.82) is 0 Å². The number of hydrogen-bond acceptors (Lipinski definition) is 5. The van der Waals surface area contributed by atoms with Crippen LogP contribution in [0.15, 0.2) is 65.4 Å². The average molecular weight is 450 g/mol. The van der Waals surface area contributed by atoms with Gasteiger partial charge >= 0.3 is 0 Å². The largest absolute Gasteiger partial charge is 0.493 e. The van der Waals surface area contributed by atoms with E-state index in [4.69, 9.17) is 10.2 Å². The van der Waals surface area contributed by atoms with Crippen LogP contribution in [0.1, 0.15) is 22.7 Å². The van der Waals surface area contributed by atoms with E-state index in [2.05, 4.69) is 9.97 Å². The van der Waals surface area contributed by atoms with Crippen LogP contribution < -0.4 is 5.73 Å². The van der Waals surface area contributed by atoms with Crippen LogP contribution in [0, 0.1) is 17.5 Å². The zero-order valence-electron chi connectivity index (χ0n) is 17.1. The molecule has 166 valence electrons. The summed E-state index contributed by atoms with van der Waals surface area (Å²) >= 11 is 0. The molecule has 2 aromatic carbocycles. The van der Waals surface area contributed by atoms with Crippen LogP contribution in [0.3, 0.4) is 0 Å². The van der Waals surface area contributed by atoms with E-state index >= 15 is 0 Å². The number of rotatable bonds is 5. The fourth-order valence-corrected chi connectivity index (χ4v) is 3.70. The quantitative estimate of drug-likeness (QED) is 0.373. The van der Waals surface area contributed by atoms with Crippen molar-refractivity contribution in [1.82, 2.24) is 14.4 Å². The molecule has 0 amide bonds. The smallest absolute Gasteiger partial charge is 0.219 e. The number of aromatic nitrogens is 3. The highest BCUT2D eigenvalue weighted by Crippen LogP contribution is 2.31. The van der Waals surface area contributed by atoms with Gasteiger partial charge in [0.05, 0.1) is 29.8 Å². The molecule has 0 saturated heterocycles. The zero-order valence-corrected chi connectivity index (χ0v) is 17.1. The third-order valence-corrected chi connectivity index (χ3v) is 5.35. The average Bonchev–Trinajstić information content (AvgIpc) is 3.41. The molecule has 6 nitrogen and oxygen atoms in total. The van der Waals surface area contributed by atoms with E-state index in [0.717, 1.165) is 12.1 Å². The Labute approximate surface area is 185 Å². The van der Waals surface area contributed by atoms with Crippen LogP contribution in [0.25, 0.3) is 16.9 Å². The van der Waals surface area contributed by atoms with Gasteiger partial charge in [-0.25, -0.2) is 23.1 Å². The molecule has 5 rings (SSSR count). The molecule has 3 heterocycles. The summed E-state index contributed by atoms with van der Waals surface area (Å²) in [7, 11) is 0. The summed E-state index contributed by atoms with van der Waals surface area (Å²) in [6, 6.07) is 11.4. The number of hydrogen-bond donors (Lipinski definition) is 2.